The van der Waals surface area contributed by atoms with Gasteiger partial charge >= 0.3 is 0 Å². The first-order chi connectivity index (χ1) is 15.2. The molecule has 0 spiro atoms. The molecule has 0 bridgehead atoms. The summed E-state index contributed by atoms with van der Waals surface area (Å²) in [5.74, 6) is 2.05. The lowest BCUT2D eigenvalue weighted by atomic mass is 9.94. The standard InChI is InChI=1S/C24H30N4O2S/c1-2-18(15-19-7-4-3-5-8-19)16-25-24(29)20-10-12-28(13-11-20)17-22-26-23(27-30-22)21-9-6-14-31-21/h3-9,14,18,20H,2,10-13,15-17H2,1H3,(H,25,29). The minimum atomic E-state index is 0.0925. The van der Waals surface area contributed by atoms with E-state index in [1.807, 2.05) is 23.6 Å². The van der Waals surface area contributed by atoms with Gasteiger partial charge in [-0.15, -0.1) is 11.3 Å². The van der Waals surface area contributed by atoms with Gasteiger partial charge in [-0.2, -0.15) is 4.98 Å². The average Bonchev–Trinajstić information content (AvgIpc) is 3.50. The van der Waals surface area contributed by atoms with Crippen molar-refractivity contribution in [1.29, 1.82) is 0 Å². The predicted octanol–water partition coefficient (Wildman–Crippen LogP) is 4.40. The zero-order chi connectivity index (χ0) is 21.5. The van der Waals surface area contributed by atoms with Crippen molar-refractivity contribution < 1.29 is 9.32 Å². The van der Waals surface area contributed by atoms with Gasteiger partial charge in [-0.1, -0.05) is 54.9 Å². The monoisotopic (exact) mass is 438 g/mol. The average molecular weight is 439 g/mol. The summed E-state index contributed by atoms with van der Waals surface area (Å²) >= 11 is 1.60. The maximum Gasteiger partial charge on any atom is 0.241 e. The molecule has 3 aromatic rings. The lowest BCUT2D eigenvalue weighted by Gasteiger charge is -2.30. The van der Waals surface area contributed by atoms with E-state index in [4.69, 9.17) is 4.52 Å². The van der Waals surface area contributed by atoms with Crippen molar-refractivity contribution in [1.82, 2.24) is 20.4 Å². The van der Waals surface area contributed by atoms with E-state index >= 15 is 0 Å². The first-order valence-corrected chi connectivity index (χ1v) is 12.0. The Balaban J connectivity index is 1.20. The lowest BCUT2D eigenvalue weighted by Crippen LogP contribution is -2.41. The van der Waals surface area contributed by atoms with Crippen LogP contribution in [0, 0.1) is 11.8 Å². The number of likely N-dealkylation sites (tertiary alicyclic amines) is 1. The van der Waals surface area contributed by atoms with Gasteiger partial charge in [0.05, 0.1) is 11.4 Å². The lowest BCUT2D eigenvalue weighted by molar-refractivity contribution is -0.126. The number of carbonyl (C=O) groups excluding carboxylic acids is 1. The van der Waals surface area contributed by atoms with Gasteiger partial charge in [-0.05, 0) is 55.3 Å². The second-order valence-corrected chi connectivity index (χ2v) is 9.20. The Morgan fingerprint density at radius 2 is 2.03 bits per heavy atom. The van der Waals surface area contributed by atoms with Crippen LogP contribution in [-0.4, -0.2) is 40.6 Å². The number of rotatable bonds is 9. The van der Waals surface area contributed by atoms with Crippen molar-refractivity contribution in [2.24, 2.45) is 11.8 Å². The largest absolute Gasteiger partial charge is 0.356 e. The third-order valence-corrected chi connectivity index (χ3v) is 6.90. The molecule has 1 aliphatic heterocycles. The molecule has 0 radical (unpaired) electrons. The molecule has 6 nitrogen and oxygen atoms in total. The first kappa shape index (κ1) is 21.7. The molecule has 3 heterocycles. The molecule has 4 rings (SSSR count). The van der Waals surface area contributed by atoms with Crippen LogP contribution >= 0.6 is 11.3 Å². The van der Waals surface area contributed by atoms with Crippen molar-refractivity contribution in [3.8, 4) is 10.7 Å². The summed E-state index contributed by atoms with van der Waals surface area (Å²) < 4.78 is 5.42. The summed E-state index contributed by atoms with van der Waals surface area (Å²) in [5, 5.41) is 9.30. The van der Waals surface area contributed by atoms with Crippen molar-refractivity contribution in [3.05, 3.63) is 59.3 Å². The molecule has 164 valence electrons. The third-order valence-electron chi connectivity index (χ3n) is 6.04. The van der Waals surface area contributed by atoms with Crippen LogP contribution < -0.4 is 5.32 Å². The highest BCUT2D eigenvalue weighted by Gasteiger charge is 2.26. The summed E-state index contributed by atoms with van der Waals surface area (Å²) in [6.07, 6.45) is 3.80. The van der Waals surface area contributed by atoms with Gasteiger partial charge in [0.25, 0.3) is 0 Å². The van der Waals surface area contributed by atoms with Crippen molar-refractivity contribution in [2.45, 2.75) is 39.2 Å². The predicted molar refractivity (Wildman–Crippen MR) is 123 cm³/mol. The molecule has 1 atom stereocenters. The number of nitrogens with one attached hydrogen (secondary N) is 1. The molecule has 2 aromatic heterocycles. The van der Waals surface area contributed by atoms with E-state index in [1.54, 1.807) is 11.3 Å². The quantitative estimate of drug-likeness (QED) is 0.536. The number of benzene rings is 1. The molecule has 31 heavy (non-hydrogen) atoms. The van der Waals surface area contributed by atoms with Crippen molar-refractivity contribution >= 4 is 17.2 Å². The van der Waals surface area contributed by atoms with E-state index in [2.05, 4.69) is 51.5 Å². The first-order valence-electron chi connectivity index (χ1n) is 11.1. The SMILES string of the molecule is CCC(CNC(=O)C1CCN(Cc2nc(-c3cccs3)no2)CC1)Cc1ccccc1. The Morgan fingerprint density at radius 3 is 2.74 bits per heavy atom. The fourth-order valence-corrected chi connectivity index (χ4v) is 4.72. The minimum Gasteiger partial charge on any atom is -0.356 e. The van der Waals surface area contributed by atoms with Crippen LogP contribution in [0.4, 0.5) is 0 Å². The maximum absolute atomic E-state index is 12.7. The molecule has 1 unspecified atom stereocenters. The summed E-state index contributed by atoms with van der Waals surface area (Å²) in [6.45, 7) is 5.32. The molecular formula is C24H30N4O2S. The molecule has 1 aromatic carbocycles. The van der Waals surface area contributed by atoms with Gasteiger partial charge in [0.2, 0.25) is 17.6 Å². The molecule has 1 amide bonds. The molecule has 1 fully saturated rings. The van der Waals surface area contributed by atoms with Gasteiger partial charge < -0.3 is 9.84 Å². The number of aromatic nitrogens is 2. The highest BCUT2D eigenvalue weighted by molar-refractivity contribution is 7.13. The summed E-state index contributed by atoms with van der Waals surface area (Å²) in [4.78, 5) is 20.5. The number of hydrogen-bond donors (Lipinski definition) is 1. The number of nitrogens with zero attached hydrogens (tertiary/aromatic N) is 3. The Kier molecular flexibility index (Phi) is 7.48. The molecule has 7 heteroatoms. The van der Waals surface area contributed by atoms with Crippen LogP contribution in [0.2, 0.25) is 0 Å². The zero-order valence-electron chi connectivity index (χ0n) is 18.0. The van der Waals surface area contributed by atoms with Crippen molar-refractivity contribution in [2.75, 3.05) is 19.6 Å². The number of amides is 1. The molecule has 0 saturated carbocycles. The topological polar surface area (TPSA) is 71.3 Å². The molecular weight excluding hydrogens is 408 g/mol. The van der Waals surface area contributed by atoms with Crippen LogP contribution in [0.5, 0.6) is 0 Å². The van der Waals surface area contributed by atoms with E-state index < -0.39 is 0 Å². The van der Waals surface area contributed by atoms with Gasteiger partial charge in [0, 0.05) is 12.5 Å². The van der Waals surface area contributed by atoms with Crippen LogP contribution in [-0.2, 0) is 17.8 Å². The van der Waals surface area contributed by atoms with Crippen LogP contribution in [0.3, 0.4) is 0 Å². The Bertz CT molecular complexity index is 934. The number of thiophene rings is 1. The smallest absolute Gasteiger partial charge is 0.241 e. The second kappa shape index (κ2) is 10.7. The van der Waals surface area contributed by atoms with E-state index in [0.717, 1.165) is 50.2 Å². The number of piperidine rings is 1. The highest BCUT2D eigenvalue weighted by Crippen LogP contribution is 2.23. The van der Waals surface area contributed by atoms with Gasteiger partial charge in [0.15, 0.2) is 0 Å². The molecule has 1 aliphatic rings. The van der Waals surface area contributed by atoms with Gasteiger partial charge in [0.1, 0.15) is 0 Å². The van der Waals surface area contributed by atoms with E-state index in [-0.39, 0.29) is 11.8 Å². The Hall–Kier alpha value is -2.51. The summed E-state index contributed by atoms with van der Waals surface area (Å²) in [7, 11) is 0. The molecule has 1 saturated heterocycles. The zero-order valence-corrected chi connectivity index (χ0v) is 18.8. The van der Waals surface area contributed by atoms with E-state index in [0.29, 0.717) is 24.2 Å². The Labute approximate surface area is 187 Å². The maximum atomic E-state index is 12.7. The minimum absolute atomic E-state index is 0.0925. The number of carbonyl (C=O) groups is 1. The third kappa shape index (κ3) is 6.02. The van der Waals surface area contributed by atoms with Crippen LogP contribution in [0.25, 0.3) is 10.7 Å². The van der Waals surface area contributed by atoms with E-state index in [9.17, 15) is 4.79 Å². The van der Waals surface area contributed by atoms with E-state index in [1.165, 1.54) is 5.56 Å². The van der Waals surface area contributed by atoms with Crippen LogP contribution in [0.1, 0.15) is 37.6 Å². The normalized spacial score (nSPS) is 16.3. The van der Waals surface area contributed by atoms with Crippen LogP contribution in [0.15, 0.2) is 52.4 Å². The number of hydrogen-bond acceptors (Lipinski definition) is 6. The highest BCUT2D eigenvalue weighted by atomic mass is 32.1. The van der Waals surface area contributed by atoms with Gasteiger partial charge in [-0.25, -0.2) is 0 Å². The Morgan fingerprint density at radius 1 is 1.23 bits per heavy atom. The molecule has 0 aliphatic carbocycles. The van der Waals surface area contributed by atoms with Gasteiger partial charge in [-0.3, -0.25) is 9.69 Å². The fourth-order valence-electron chi connectivity index (χ4n) is 4.07. The summed E-state index contributed by atoms with van der Waals surface area (Å²) in [5.41, 5.74) is 1.33. The molecule has 1 N–H and O–H groups in total. The van der Waals surface area contributed by atoms with Crippen molar-refractivity contribution in [3.63, 3.8) is 0 Å². The fraction of sp³-hybridized carbons (Fsp3) is 0.458. The second-order valence-electron chi connectivity index (χ2n) is 8.25. The summed E-state index contributed by atoms with van der Waals surface area (Å²) in [6, 6.07) is 14.5.